The normalized spacial score (nSPS) is 18.8. The topological polar surface area (TPSA) is 73.1 Å². The number of ether oxygens (including phenoxy) is 1. The van der Waals surface area contributed by atoms with E-state index in [4.69, 9.17) is 10.5 Å². The van der Waals surface area contributed by atoms with Gasteiger partial charge in [0, 0.05) is 30.7 Å². The third-order valence-corrected chi connectivity index (χ3v) is 3.77. The van der Waals surface area contributed by atoms with Gasteiger partial charge in [-0.2, -0.15) is 0 Å². The lowest BCUT2D eigenvalue weighted by Crippen LogP contribution is -2.31. The van der Waals surface area contributed by atoms with Crippen LogP contribution in [0.1, 0.15) is 46.4 Å². The maximum absolute atomic E-state index is 5.90. The first kappa shape index (κ1) is 15.0. The molecule has 1 aromatic heterocycles. The molecule has 0 spiro atoms. The molecule has 3 N–H and O–H groups in total. The summed E-state index contributed by atoms with van der Waals surface area (Å²) < 4.78 is 5.41. The standard InChI is InChI=1S/C15H26N4O/c1-10(11-5-7-20-8-6-11)17-13-9-12(16)18-14(19-13)15(2,3)4/h9-11H,5-8H2,1-4H3,(H3,16,17,18,19). The first-order chi connectivity index (χ1) is 9.36. The molecule has 5 nitrogen and oxygen atoms in total. The van der Waals surface area contributed by atoms with Gasteiger partial charge in [0.1, 0.15) is 17.5 Å². The molecule has 1 fully saturated rings. The summed E-state index contributed by atoms with van der Waals surface area (Å²) in [5.41, 5.74) is 5.80. The van der Waals surface area contributed by atoms with Crippen molar-refractivity contribution in [3.05, 3.63) is 11.9 Å². The van der Waals surface area contributed by atoms with Crippen molar-refractivity contribution in [3.8, 4) is 0 Å². The molecule has 0 aliphatic carbocycles. The number of rotatable bonds is 3. The molecule has 2 heterocycles. The minimum absolute atomic E-state index is 0.103. The van der Waals surface area contributed by atoms with Gasteiger partial charge in [0.2, 0.25) is 0 Å². The summed E-state index contributed by atoms with van der Waals surface area (Å²) >= 11 is 0. The summed E-state index contributed by atoms with van der Waals surface area (Å²) in [5, 5.41) is 3.48. The smallest absolute Gasteiger partial charge is 0.138 e. The van der Waals surface area contributed by atoms with Gasteiger partial charge in [-0.15, -0.1) is 0 Å². The molecule has 0 amide bonds. The Morgan fingerprint density at radius 2 is 1.95 bits per heavy atom. The first-order valence-electron chi connectivity index (χ1n) is 7.35. The molecule has 112 valence electrons. The number of nitrogens with zero attached hydrogens (tertiary/aromatic N) is 2. The van der Waals surface area contributed by atoms with E-state index in [1.54, 1.807) is 0 Å². The Labute approximate surface area is 121 Å². The summed E-state index contributed by atoms with van der Waals surface area (Å²) in [7, 11) is 0. The fourth-order valence-electron chi connectivity index (χ4n) is 2.44. The molecular formula is C15H26N4O. The Kier molecular flexibility index (Phi) is 4.48. The summed E-state index contributed by atoms with van der Waals surface area (Å²) in [6, 6.07) is 2.17. The zero-order valence-electron chi connectivity index (χ0n) is 12.9. The van der Waals surface area contributed by atoms with Gasteiger partial charge >= 0.3 is 0 Å². The zero-order valence-corrected chi connectivity index (χ0v) is 12.9. The van der Waals surface area contributed by atoms with Crippen molar-refractivity contribution in [3.63, 3.8) is 0 Å². The van der Waals surface area contributed by atoms with Gasteiger partial charge in [-0.25, -0.2) is 9.97 Å². The van der Waals surface area contributed by atoms with Crippen LogP contribution in [0, 0.1) is 5.92 Å². The van der Waals surface area contributed by atoms with E-state index in [0.29, 0.717) is 17.8 Å². The van der Waals surface area contributed by atoms with Crippen LogP contribution < -0.4 is 11.1 Å². The molecular weight excluding hydrogens is 252 g/mol. The van der Waals surface area contributed by atoms with Crippen LogP contribution in [0.15, 0.2) is 6.07 Å². The lowest BCUT2D eigenvalue weighted by molar-refractivity contribution is 0.0622. The van der Waals surface area contributed by atoms with Crippen LogP contribution in [0.3, 0.4) is 0 Å². The van der Waals surface area contributed by atoms with Crippen LogP contribution in [0.2, 0.25) is 0 Å². The van der Waals surface area contributed by atoms with E-state index in [-0.39, 0.29) is 5.41 Å². The second kappa shape index (κ2) is 5.95. The van der Waals surface area contributed by atoms with E-state index < -0.39 is 0 Å². The third kappa shape index (κ3) is 3.82. The Hall–Kier alpha value is -1.36. The Morgan fingerprint density at radius 1 is 1.30 bits per heavy atom. The van der Waals surface area contributed by atoms with E-state index in [9.17, 15) is 0 Å². The summed E-state index contributed by atoms with van der Waals surface area (Å²) in [6.07, 6.45) is 2.20. The van der Waals surface area contributed by atoms with Crippen molar-refractivity contribution in [2.75, 3.05) is 24.3 Å². The molecule has 1 aromatic rings. The molecule has 0 bridgehead atoms. The lowest BCUT2D eigenvalue weighted by atomic mass is 9.93. The van der Waals surface area contributed by atoms with Crippen LogP contribution in [0.25, 0.3) is 0 Å². The zero-order chi connectivity index (χ0) is 14.8. The molecule has 5 heteroatoms. The minimum atomic E-state index is -0.103. The monoisotopic (exact) mass is 278 g/mol. The van der Waals surface area contributed by atoms with Gasteiger partial charge in [0.25, 0.3) is 0 Å². The Morgan fingerprint density at radius 3 is 2.55 bits per heavy atom. The van der Waals surface area contributed by atoms with E-state index in [1.165, 1.54) is 0 Å². The van der Waals surface area contributed by atoms with Crippen LogP contribution >= 0.6 is 0 Å². The van der Waals surface area contributed by atoms with Crippen molar-refractivity contribution in [2.24, 2.45) is 5.92 Å². The largest absolute Gasteiger partial charge is 0.384 e. The van der Waals surface area contributed by atoms with E-state index in [0.717, 1.165) is 37.7 Å². The molecule has 1 atom stereocenters. The van der Waals surface area contributed by atoms with E-state index in [2.05, 4.69) is 43.0 Å². The van der Waals surface area contributed by atoms with Gasteiger partial charge in [0.15, 0.2) is 0 Å². The maximum atomic E-state index is 5.90. The van der Waals surface area contributed by atoms with Crippen LogP contribution in [-0.2, 0) is 10.2 Å². The highest BCUT2D eigenvalue weighted by Crippen LogP contribution is 2.24. The highest BCUT2D eigenvalue weighted by molar-refractivity contribution is 5.46. The molecule has 1 aliphatic heterocycles. The third-order valence-electron chi connectivity index (χ3n) is 3.77. The number of nitrogen functional groups attached to an aromatic ring is 1. The molecule has 1 unspecified atom stereocenters. The van der Waals surface area contributed by atoms with Crippen molar-refractivity contribution < 1.29 is 4.74 Å². The fourth-order valence-corrected chi connectivity index (χ4v) is 2.44. The van der Waals surface area contributed by atoms with E-state index in [1.807, 2.05) is 6.07 Å². The number of nitrogens with two attached hydrogens (primary N) is 1. The molecule has 20 heavy (non-hydrogen) atoms. The van der Waals surface area contributed by atoms with Crippen molar-refractivity contribution in [1.29, 1.82) is 0 Å². The lowest BCUT2D eigenvalue weighted by Gasteiger charge is -2.29. The maximum Gasteiger partial charge on any atom is 0.138 e. The SMILES string of the molecule is CC(Nc1cc(N)nc(C(C)(C)C)n1)C1CCOCC1. The first-order valence-corrected chi connectivity index (χ1v) is 7.35. The molecule has 1 saturated heterocycles. The number of hydrogen-bond donors (Lipinski definition) is 2. The van der Waals surface area contributed by atoms with Crippen LogP contribution in [-0.4, -0.2) is 29.2 Å². The number of anilines is 2. The summed E-state index contributed by atoms with van der Waals surface area (Å²) in [5.74, 6) is 2.74. The van der Waals surface area contributed by atoms with Crippen LogP contribution in [0.4, 0.5) is 11.6 Å². The van der Waals surface area contributed by atoms with Gasteiger partial charge in [-0.1, -0.05) is 20.8 Å². The predicted molar refractivity (Wildman–Crippen MR) is 81.8 cm³/mol. The van der Waals surface area contributed by atoms with Gasteiger partial charge in [-0.3, -0.25) is 0 Å². The number of aromatic nitrogens is 2. The summed E-state index contributed by atoms with van der Waals surface area (Å²) in [4.78, 5) is 8.94. The summed E-state index contributed by atoms with van der Waals surface area (Å²) in [6.45, 7) is 10.2. The minimum Gasteiger partial charge on any atom is -0.384 e. The fraction of sp³-hybridized carbons (Fsp3) is 0.733. The Bertz CT molecular complexity index is 450. The molecule has 0 radical (unpaired) electrons. The highest BCUT2D eigenvalue weighted by Gasteiger charge is 2.22. The highest BCUT2D eigenvalue weighted by atomic mass is 16.5. The van der Waals surface area contributed by atoms with Crippen molar-refractivity contribution in [1.82, 2.24) is 9.97 Å². The average molecular weight is 278 g/mol. The number of hydrogen-bond acceptors (Lipinski definition) is 5. The van der Waals surface area contributed by atoms with E-state index >= 15 is 0 Å². The second-order valence-corrected chi connectivity index (χ2v) is 6.63. The van der Waals surface area contributed by atoms with Gasteiger partial charge in [0.05, 0.1) is 0 Å². The number of nitrogens with one attached hydrogen (secondary N) is 1. The van der Waals surface area contributed by atoms with Crippen molar-refractivity contribution >= 4 is 11.6 Å². The molecule has 1 aliphatic rings. The second-order valence-electron chi connectivity index (χ2n) is 6.63. The van der Waals surface area contributed by atoms with Gasteiger partial charge < -0.3 is 15.8 Å². The molecule has 0 saturated carbocycles. The Balaban J connectivity index is 2.10. The average Bonchev–Trinajstić information content (AvgIpc) is 2.38. The predicted octanol–water partition coefficient (Wildman–Crippen LogP) is 2.58. The van der Waals surface area contributed by atoms with Gasteiger partial charge in [-0.05, 0) is 25.7 Å². The molecule has 2 rings (SSSR count). The quantitative estimate of drug-likeness (QED) is 0.889. The van der Waals surface area contributed by atoms with Crippen LogP contribution in [0.5, 0.6) is 0 Å². The molecule has 0 aromatic carbocycles. The van der Waals surface area contributed by atoms with Crippen molar-refractivity contribution in [2.45, 2.75) is 52.0 Å².